The summed E-state index contributed by atoms with van der Waals surface area (Å²) in [5.74, 6) is -0.271. The van der Waals surface area contributed by atoms with Crippen molar-refractivity contribution in [1.82, 2.24) is 9.80 Å². The number of piperazine rings is 1. The van der Waals surface area contributed by atoms with Crippen molar-refractivity contribution in [2.24, 2.45) is 0 Å². The van der Waals surface area contributed by atoms with Crippen LogP contribution in [0, 0.1) is 6.92 Å². The molecule has 2 rings (SSSR count). The van der Waals surface area contributed by atoms with Gasteiger partial charge >= 0.3 is 24.4 Å². The lowest BCUT2D eigenvalue weighted by Crippen LogP contribution is -2.52. The monoisotopic (exact) mass is 513 g/mol. The number of halogens is 6. The van der Waals surface area contributed by atoms with Crippen LogP contribution in [-0.4, -0.2) is 79.6 Å². The van der Waals surface area contributed by atoms with E-state index in [0.29, 0.717) is 26.1 Å². The topological polar surface area (TPSA) is 71.1 Å². The summed E-state index contributed by atoms with van der Waals surface area (Å²) in [6, 6.07) is 5.78. The molecular weight excluding hydrogens is 484 g/mol. The van der Waals surface area contributed by atoms with E-state index >= 15 is 0 Å². The number of hydrogen-bond acceptors (Lipinski definition) is 6. The van der Waals surface area contributed by atoms with Gasteiger partial charge in [-0.25, -0.2) is 4.79 Å². The van der Waals surface area contributed by atoms with Crippen LogP contribution in [0.15, 0.2) is 18.2 Å². The van der Waals surface area contributed by atoms with E-state index in [0.717, 1.165) is 21.7 Å². The highest BCUT2D eigenvalue weighted by atomic mass is 19.4. The number of benzene rings is 1. The zero-order valence-corrected chi connectivity index (χ0v) is 19.5. The second kappa shape index (κ2) is 12.3. The van der Waals surface area contributed by atoms with Gasteiger partial charge in [0.2, 0.25) is 0 Å². The van der Waals surface area contributed by atoms with Crippen molar-refractivity contribution in [2.45, 2.75) is 51.7 Å². The highest BCUT2D eigenvalue weighted by Crippen LogP contribution is 2.36. The molecule has 1 fully saturated rings. The molecule has 0 saturated carbocycles. The van der Waals surface area contributed by atoms with E-state index in [1.807, 2.05) is 30.0 Å². The highest BCUT2D eigenvalue weighted by molar-refractivity contribution is 5.69. The van der Waals surface area contributed by atoms with Crippen molar-refractivity contribution in [3.8, 4) is 0 Å². The molecule has 0 spiro atoms. The number of rotatable bonds is 9. The van der Waals surface area contributed by atoms with Gasteiger partial charge in [0.25, 0.3) is 6.10 Å². The lowest BCUT2D eigenvalue weighted by Gasteiger charge is -2.35. The molecule has 35 heavy (non-hydrogen) atoms. The van der Waals surface area contributed by atoms with E-state index in [2.05, 4.69) is 10.1 Å². The minimum Gasteiger partial charge on any atom is -0.466 e. The van der Waals surface area contributed by atoms with Crippen LogP contribution >= 0.6 is 0 Å². The molecule has 0 atom stereocenters. The SMILES string of the molecule is CCOC(=O)CCCNc1cc(C)ccc1CN1CCN(C(=O)OC(C(F)(F)F)C(F)(F)F)CC1. The number of esters is 1. The summed E-state index contributed by atoms with van der Waals surface area (Å²) >= 11 is 0. The van der Waals surface area contributed by atoms with E-state index in [1.165, 1.54) is 0 Å². The van der Waals surface area contributed by atoms with Gasteiger partial charge in [0.15, 0.2) is 0 Å². The zero-order chi connectivity index (χ0) is 26.2. The molecule has 0 bridgehead atoms. The van der Waals surface area contributed by atoms with Gasteiger partial charge in [-0.2, -0.15) is 26.3 Å². The van der Waals surface area contributed by atoms with Crippen LogP contribution in [0.25, 0.3) is 0 Å². The van der Waals surface area contributed by atoms with Gasteiger partial charge in [0.1, 0.15) is 0 Å². The van der Waals surface area contributed by atoms with E-state index in [1.54, 1.807) is 6.92 Å². The molecule has 1 heterocycles. The molecule has 1 aromatic rings. The normalized spacial score (nSPS) is 15.3. The molecule has 1 aromatic carbocycles. The first-order valence-corrected chi connectivity index (χ1v) is 11.1. The van der Waals surface area contributed by atoms with Crippen LogP contribution in [0.3, 0.4) is 0 Å². The van der Waals surface area contributed by atoms with Crippen LogP contribution in [-0.2, 0) is 20.8 Å². The first kappa shape index (κ1) is 28.5. The van der Waals surface area contributed by atoms with Gasteiger partial charge in [-0.1, -0.05) is 12.1 Å². The number of alkyl halides is 6. The summed E-state index contributed by atoms with van der Waals surface area (Å²) in [6.07, 6.45) is -16.5. The number of nitrogens with zero attached hydrogens (tertiary/aromatic N) is 2. The first-order valence-electron chi connectivity index (χ1n) is 11.1. The average molecular weight is 513 g/mol. The molecule has 1 N–H and O–H groups in total. The maximum absolute atomic E-state index is 12.6. The summed E-state index contributed by atoms with van der Waals surface area (Å²) in [5.41, 5.74) is 2.80. The minimum atomic E-state index is -5.75. The fourth-order valence-corrected chi connectivity index (χ4v) is 3.51. The molecule has 1 amide bonds. The smallest absolute Gasteiger partial charge is 0.434 e. The molecule has 1 aliphatic heterocycles. The van der Waals surface area contributed by atoms with Gasteiger partial charge in [-0.15, -0.1) is 0 Å². The predicted molar refractivity (Wildman–Crippen MR) is 115 cm³/mol. The zero-order valence-electron chi connectivity index (χ0n) is 19.5. The van der Waals surface area contributed by atoms with Gasteiger partial charge in [-0.05, 0) is 37.5 Å². The Hall–Kier alpha value is -2.70. The number of anilines is 1. The Bertz CT molecular complexity index is 841. The maximum atomic E-state index is 12.6. The molecule has 0 aromatic heterocycles. The molecule has 13 heteroatoms. The molecule has 7 nitrogen and oxygen atoms in total. The van der Waals surface area contributed by atoms with E-state index in [-0.39, 0.29) is 38.6 Å². The number of nitrogens with one attached hydrogen (secondary N) is 1. The maximum Gasteiger partial charge on any atom is 0.434 e. The quantitative estimate of drug-likeness (QED) is 0.298. The predicted octanol–water partition coefficient (Wildman–Crippen LogP) is 4.50. The second-order valence-corrected chi connectivity index (χ2v) is 8.11. The van der Waals surface area contributed by atoms with E-state index in [9.17, 15) is 35.9 Å². The number of aryl methyl sites for hydroxylation is 1. The Morgan fingerprint density at radius 3 is 2.26 bits per heavy atom. The molecule has 1 saturated heterocycles. The molecule has 0 unspecified atom stereocenters. The van der Waals surface area contributed by atoms with Crippen LogP contribution in [0.5, 0.6) is 0 Å². The Morgan fingerprint density at radius 1 is 1.06 bits per heavy atom. The second-order valence-electron chi connectivity index (χ2n) is 8.11. The number of amides is 1. The molecule has 1 aliphatic rings. The molecule has 0 radical (unpaired) electrons. The minimum absolute atomic E-state index is 0.0740. The summed E-state index contributed by atoms with van der Waals surface area (Å²) in [6.45, 7) is 5.32. The lowest BCUT2D eigenvalue weighted by molar-refractivity contribution is -0.308. The highest BCUT2D eigenvalue weighted by Gasteiger charge is 2.60. The number of carbonyl (C=O) groups is 2. The Balaban J connectivity index is 1.90. The van der Waals surface area contributed by atoms with Crippen LogP contribution < -0.4 is 5.32 Å². The molecule has 198 valence electrons. The number of ether oxygens (including phenoxy) is 2. The average Bonchev–Trinajstić information content (AvgIpc) is 2.75. The summed E-state index contributed by atoms with van der Waals surface area (Å²) in [5, 5.41) is 3.29. The number of carbonyl (C=O) groups excluding carboxylic acids is 2. The van der Waals surface area contributed by atoms with Crippen LogP contribution in [0.2, 0.25) is 0 Å². The van der Waals surface area contributed by atoms with Crippen LogP contribution in [0.4, 0.5) is 36.8 Å². The third kappa shape index (κ3) is 9.11. The van der Waals surface area contributed by atoms with Gasteiger partial charge < -0.3 is 19.7 Å². The van der Waals surface area contributed by atoms with Crippen molar-refractivity contribution < 1.29 is 45.4 Å². The van der Waals surface area contributed by atoms with Crippen molar-refractivity contribution >= 4 is 17.7 Å². The van der Waals surface area contributed by atoms with Gasteiger partial charge in [0, 0.05) is 51.4 Å². The summed E-state index contributed by atoms with van der Waals surface area (Å²) in [7, 11) is 0. The molecule has 0 aliphatic carbocycles. The summed E-state index contributed by atoms with van der Waals surface area (Å²) < 4.78 is 84.5. The van der Waals surface area contributed by atoms with E-state index < -0.39 is 24.5 Å². The third-order valence-corrected chi connectivity index (χ3v) is 5.28. The standard InChI is InChI=1S/C22H29F6N3O4/c1-3-34-18(32)5-4-8-29-17-13-15(2)6-7-16(17)14-30-9-11-31(12-10-30)20(33)35-19(21(23,24)25)22(26,27)28/h6-7,13,19,29H,3-5,8-12,14H2,1-2H3. The van der Waals surface area contributed by atoms with Crippen molar-refractivity contribution in [3.05, 3.63) is 29.3 Å². The van der Waals surface area contributed by atoms with Crippen molar-refractivity contribution in [2.75, 3.05) is 44.6 Å². The fourth-order valence-electron chi connectivity index (χ4n) is 3.51. The summed E-state index contributed by atoms with van der Waals surface area (Å²) in [4.78, 5) is 26.2. The van der Waals surface area contributed by atoms with Crippen LogP contribution in [0.1, 0.15) is 30.9 Å². The van der Waals surface area contributed by atoms with Crippen molar-refractivity contribution in [1.29, 1.82) is 0 Å². The lowest BCUT2D eigenvalue weighted by atomic mass is 10.1. The van der Waals surface area contributed by atoms with Crippen molar-refractivity contribution in [3.63, 3.8) is 0 Å². The molecular formula is C22H29F6N3O4. The number of hydrogen-bond donors (Lipinski definition) is 1. The van der Waals surface area contributed by atoms with E-state index in [4.69, 9.17) is 4.74 Å². The Kier molecular flexibility index (Phi) is 10.0. The Labute approximate surface area is 199 Å². The largest absolute Gasteiger partial charge is 0.466 e. The Morgan fingerprint density at radius 2 is 1.69 bits per heavy atom. The third-order valence-electron chi connectivity index (χ3n) is 5.28. The van der Waals surface area contributed by atoms with Gasteiger partial charge in [0.05, 0.1) is 6.61 Å². The first-order chi connectivity index (χ1) is 16.3. The van der Waals surface area contributed by atoms with Gasteiger partial charge in [-0.3, -0.25) is 9.69 Å². The fraction of sp³-hybridized carbons (Fsp3) is 0.636.